The molecule has 2 aromatic rings. The monoisotopic (exact) mass is 425 g/mol. The van der Waals surface area contributed by atoms with E-state index in [2.05, 4.69) is 0 Å². The van der Waals surface area contributed by atoms with Gasteiger partial charge in [-0.05, 0) is 44.2 Å². The summed E-state index contributed by atoms with van der Waals surface area (Å²) in [6.07, 6.45) is 0. The molecule has 0 unspecified atom stereocenters. The summed E-state index contributed by atoms with van der Waals surface area (Å²) in [5.74, 6) is 0.0885. The summed E-state index contributed by atoms with van der Waals surface area (Å²) >= 11 is 0. The van der Waals surface area contributed by atoms with Gasteiger partial charge >= 0.3 is 0 Å². The number of nitrogens with two attached hydrogens (primary N) is 1. The average molecular weight is 426 g/mol. The summed E-state index contributed by atoms with van der Waals surface area (Å²) in [4.78, 5) is 14.7. The maximum absolute atomic E-state index is 12.8. The second-order valence-corrected chi connectivity index (χ2v) is 10.9. The van der Waals surface area contributed by atoms with Crippen molar-refractivity contribution >= 4 is 25.6 Å². The number of hydrogen-bond donors (Lipinski definition) is 1. The van der Waals surface area contributed by atoms with E-state index in [0.29, 0.717) is 18.7 Å². The number of Topliss-reactive ketones (excluding diaryl/α,β-unsaturated/α-hetero) is 1. The van der Waals surface area contributed by atoms with Crippen molar-refractivity contribution < 1.29 is 21.6 Å². The molecule has 152 valence electrons. The minimum absolute atomic E-state index is 0.0232. The molecule has 3 rings (SSSR count). The number of hydrogen-bond acceptors (Lipinski definition) is 6. The number of nitrogens with zero attached hydrogens (tertiary/aromatic N) is 2. The molecular formula is C18H23N3O5S2. The highest BCUT2D eigenvalue weighted by atomic mass is 32.2. The summed E-state index contributed by atoms with van der Waals surface area (Å²) in [5, 5.41) is 5.13. The first-order valence-corrected chi connectivity index (χ1v) is 12.1. The molecule has 0 saturated carbocycles. The summed E-state index contributed by atoms with van der Waals surface area (Å²) in [6.45, 7) is 4.59. The van der Waals surface area contributed by atoms with Gasteiger partial charge in [0.05, 0.1) is 22.9 Å². The first kappa shape index (κ1) is 20.7. The first-order chi connectivity index (χ1) is 13.0. The van der Waals surface area contributed by atoms with Gasteiger partial charge < -0.3 is 4.57 Å². The summed E-state index contributed by atoms with van der Waals surface area (Å²) in [5.41, 5.74) is 2.88. The van der Waals surface area contributed by atoms with E-state index < -0.39 is 19.9 Å². The molecule has 1 saturated heterocycles. The maximum Gasteiger partial charge on any atom is 0.238 e. The second kappa shape index (κ2) is 7.43. The van der Waals surface area contributed by atoms with Crippen molar-refractivity contribution in [2.24, 2.45) is 5.14 Å². The van der Waals surface area contributed by atoms with E-state index in [1.54, 1.807) is 18.2 Å². The van der Waals surface area contributed by atoms with Crippen LogP contribution in [0.15, 0.2) is 35.2 Å². The number of ketones is 1. The van der Waals surface area contributed by atoms with Crippen molar-refractivity contribution in [2.45, 2.75) is 18.7 Å². The number of rotatable bonds is 5. The van der Waals surface area contributed by atoms with Gasteiger partial charge in [-0.25, -0.2) is 22.0 Å². The average Bonchev–Trinajstić information content (AvgIpc) is 2.91. The van der Waals surface area contributed by atoms with Gasteiger partial charge in [-0.2, -0.15) is 0 Å². The van der Waals surface area contributed by atoms with Gasteiger partial charge in [-0.15, -0.1) is 0 Å². The van der Waals surface area contributed by atoms with E-state index in [-0.39, 0.29) is 28.7 Å². The molecule has 2 heterocycles. The highest BCUT2D eigenvalue weighted by Gasteiger charge is 2.25. The molecule has 0 radical (unpaired) electrons. The number of aryl methyl sites for hydroxylation is 1. The van der Waals surface area contributed by atoms with Crippen molar-refractivity contribution in [3.8, 4) is 5.69 Å². The van der Waals surface area contributed by atoms with Crippen LogP contribution in [0.4, 0.5) is 0 Å². The number of sulfone groups is 1. The standard InChI is InChI=1S/C18H23N3O5S2/c1-13-11-17(18(22)12-20-7-9-27(23,24)10-8-20)14(2)21(13)15-3-5-16(6-4-15)28(19,25)26/h3-6,11H,7-10,12H2,1-2H3,(H2,19,25,26). The fraction of sp³-hybridized carbons (Fsp3) is 0.389. The molecule has 0 spiro atoms. The zero-order valence-corrected chi connectivity index (χ0v) is 17.4. The molecule has 8 nitrogen and oxygen atoms in total. The van der Waals surface area contributed by atoms with Crippen LogP contribution in [0.1, 0.15) is 21.7 Å². The Balaban J connectivity index is 1.83. The lowest BCUT2D eigenvalue weighted by atomic mass is 10.1. The van der Waals surface area contributed by atoms with Crippen molar-refractivity contribution in [1.82, 2.24) is 9.47 Å². The Morgan fingerprint density at radius 3 is 2.21 bits per heavy atom. The summed E-state index contributed by atoms with van der Waals surface area (Å²) in [7, 11) is -6.75. The molecule has 10 heteroatoms. The lowest BCUT2D eigenvalue weighted by molar-refractivity contribution is 0.0935. The summed E-state index contributed by atoms with van der Waals surface area (Å²) in [6, 6.07) is 7.94. The fourth-order valence-electron chi connectivity index (χ4n) is 3.42. The Kier molecular flexibility index (Phi) is 5.50. The quantitative estimate of drug-likeness (QED) is 0.703. The van der Waals surface area contributed by atoms with Gasteiger partial charge in [0.25, 0.3) is 0 Å². The Morgan fingerprint density at radius 1 is 1.11 bits per heavy atom. The van der Waals surface area contributed by atoms with E-state index in [0.717, 1.165) is 17.1 Å². The molecule has 1 aliphatic rings. The lowest BCUT2D eigenvalue weighted by Crippen LogP contribution is -2.42. The van der Waals surface area contributed by atoms with E-state index in [9.17, 15) is 21.6 Å². The number of primary sulfonamides is 1. The number of sulfonamides is 1. The van der Waals surface area contributed by atoms with Crippen LogP contribution in [0, 0.1) is 13.8 Å². The third-order valence-corrected chi connectivity index (χ3v) is 7.50. The molecular weight excluding hydrogens is 402 g/mol. The Morgan fingerprint density at radius 2 is 1.68 bits per heavy atom. The minimum atomic E-state index is -3.77. The first-order valence-electron chi connectivity index (χ1n) is 8.76. The van der Waals surface area contributed by atoms with Crippen molar-refractivity contribution in [1.29, 1.82) is 0 Å². The normalized spacial score (nSPS) is 17.5. The number of benzene rings is 1. The third-order valence-electron chi connectivity index (χ3n) is 4.96. The van der Waals surface area contributed by atoms with Gasteiger partial charge in [0, 0.05) is 35.7 Å². The van der Waals surface area contributed by atoms with Crippen LogP contribution in [0.5, 0.6) is 0 Å². The van der Waals surface area contributed by atoms with Crippen LogP contribution in [0.2, 0.25) is 0 Å². The van der Waals surface area contributed by atoms with Crippen LogP contribution >= 0.6 is 0 Å². The molecule has 1 aromatic heterocycles. The summed E-state index contributed by atoms with van der Waals surface area (Å²) < 4.78 is 47.8. The van der Waals surface area contributed by atoms with Crippen LogP contribution in [0.3, 0.4) is 0 Å². The number of carbonyl (C=O) groups is 1. The topological polar surface area (TPSA) is 120 Å². The minimum Gasteiger partial charge on any atom is -0.318 e. The predicted molar refractivity (Wildman–Crippen MR) is 106 cm³/mol. The zero-order chi connectivity index (χ0) is 20.7. The molecule has 1 aromatic carbocycles. The van der Waals surface area contributed by atoms with E-state index in [1.165, 1.54) is 12.1 Å². The lowest BCUT2D eigenvalue weighted by Gasteiger charge is -2.25. The van der Waals surface area contributed by atoms with E-state index in [1.807, 2.05) is 23.3 Å². The Hall–Kier alpha value is -2.01. The van der Waals surface area contributed by atoms with E-state index >= 15 is 0 Å². The van der Waals surface area contributed by atoms with E-state index in [4.69, 9.17) is 5.14 Å². The molecule has 28 heavy (non-hydrogen) atoms. The highest BCUT2D eigenvalue weighted by molar-refractivity contribution is 7.91. The molecule has 0 amide bonds. The fourth-order valence-corrected chi connectivity index (χ4v) is 5.22. The van der Waals surface area contributed by atoms with Crippen molar-refractivity contribution in [3.63, 3.8) is 0 Å². The molecule has 2 N–H and O–H groups in total. The number of carbonyl (C=O) groups excluding carboxylic acids is 1. The van der Waals surface area contributed by atoms with Gasteiger partial charge in [0.1, 0.15) is 0 Å². The third kappa shape index (κ3) is 4.35. The largest absolute Gasteiger partial charge is 0.318 e. The van der Waals surface area contributed by atoms with Crippen LogP contribution in [-0.4, -0.2) is 63.2 Å². The maximum atomic E-state index is 12.8. The van der Waals surface area contributed by atoms with Gasteiger partial charge in [0.2, 0.25) is 10.0 Å². The molecule has 0 atom stereocenters. The molecule has 1 aliphatic heterocycles. The zero-order valence-electron chi connectivity index (χ0n) is 15.8. The predicted octanol–water partition coefficient (Wildman–Crippen LogP) is 0.655. The second-order valence-electron chi connectivity index (χ2n) is 7.01. The smallest absolute Gasteiger partial charge is 0.238 e. The Labute approximate surface area is 164 Å². The molecule has 0 bridgehead atoms. The Bertz CT molecular complexity index is 1100. The van der Waals surface area contributed by atoms with Gasteiger partial charge in [-0.1, -0.05) is 0 Å². The van der Waals surface area contributed by atoms with Crippen LogP contribution in [0.25, 0.3) is 5.69 Å². The van der Waals surface area contributed by atoms with Gasteiger partial charge in [-0.3, -0.25) is 9.69 Å². The van der Waals surface area contributed by atoms with Crippen molar-refractivity contribution in [3.05, 3.63) is 47.3 Å². The van der Waals surface area contributed by atoms with Crippen molar-refractivity contribution in [2.75, 3.05) is 31.1 Å². The number of aromatic nitrogens is 1. The van der Waals surface area contributed by atoms with Crippen LogP contribution < -0.4 is 5.14 Å². The van der Waals surface area contributed by atoms with Crippen LogP contribution in [-0.2, 0) is 19.9 Å². The van der Waals surface area contributed by atoms with Gasteiger partial charge in [0.15, 0.2) is 15.6 Å². The molecule has 1 fully saturated rings. The SMILES string of the molecule is Cc1cc(C(=O)CN2CCS(=O)(=O)CC2)c(C)n1-c1ccc(S(N)(=O)=O)cc1. The highest BCUT2D eigenvalue weighted by Crippen LogP contribution is 2.23. The molecule has 0 aliphatic carbocycles.